The van der Waals surface area contributed by atoms with E-state index < -0.39 is 6.04 Å². The third-order valence-corrected chi connectivity index (χ3v) is 4.64. The van der Waals surface area contributed by atoms with Crippen molar-refractivity contribution in [1.29, 1.82) is 0 Å². The number of nitrogens with zero attached hydrogens (tertiary/aromatic N) is 1. The molecule has 0 aliphatic rings. The number of benzene rings is 2. The van der Waals surface area contributed by atoms with Gasteiger partial charge in [-0.1, -0.05) is 24.3 Å². The summed E-state index contributed by atoms with van der Waals surface area (Å²) < 4.78 is 6.04. The molecule has 0 radical (unpaired) electrons. The highest BCUT2D eigenvalue weighted by atomic mass is 79.9. The van der Waals surface area contributed by atoms with E-state index in [9.17, 15) is 9.59 Å². The average molecular weight is 420 g/mol. The number of methoxy groups -OCH3 is 1. The third-order valence-electron chi connectivity index (χ3n) is 3.95. The van der Waals surface area contributed by atoms with Crippen LogP contribution in [-0.4, -0.2) is 43.5 Å². The molecule has 0 spiro atoms. The molecule has 0 aliphatic heterocycles. The van der Waals surface area contributed by atoms with Gasteiger partial charge in [0.05, 0.1) is 31.1 Å². The second kappa shape index (κ2) is 9.35. The van der Waals surface area contributed by atoms with Crippen molar-refractivity contribution < 1.29 is 14.3 Å². The molecule has 0 unspecified atom stereocenters. The molecule has 2 aromatic rings. The Hall–Kier alpha value is -2.38. The smallest absolute Gasteiger partial charge is 0.241 e. The molecule has 6 nitrogen and oxygen atoms in total. The van der Waals surface area contributed by atoms with Crippen molar-refractivity contribution in [2.45, 2.75) is 13.0 Å². The van der Waals surface area contributed by atoms with Gasteiger partial charge in [-0.3, -0.25) is 14.5 Å². The van der Waals surface area contributed by atoms with Gasteiger partial charge in [0.25, 0.3) is 0 Å². The molecule has 138 valence electrons. The molecule has 2 N–H and O–H groups in total. The fraction of sp³-hybridized carbons (Fsp3) is 0.263. The van der Waals surface area contributed by atoms with E-state index in [1.807, 2.05) is 30.3 Å². The Morgan fingerprint density at radius 3 is 2.35 bits per heavy atom. The normalized spacial score (nSPS) is 11.7. The van der Waals surface area contributed by atoms with Crippen LogP contribution in [-0.2, 0) is 9.59 Å². The summed E-state index contributed by atoms with van der Waals surface area (Å²) in [5.74, 6) is 0.171. The average Bonchev–Trinajstić information content (AvgIpc) is 2.63. The summed E-state index contributed by atoms with van der Waals surface area (Å²) in [5.41, 5.74) is 1.29. The molecule has 0 aliphatic carbocycles. The van der Waals surface area contributed by atoms with Crippen LogP contribution in [0.25, 0.3) is 0 Å². The molecule has 26 heavy (non-hydrogen) atoms. The Morgan fingerprint density at radius 1 is 1.08 bits per heavy atom. The number of nitrogens with one attached hydrogen (secondary N) is 2. The minimum Gasteiger partial charge on any atom is -0.495 e. The van der Waals surface area contributed by atoms with Crippen molar-refractivity contribution in [2.24, 2.45) is 0 Å². The summed E-state index contributed by atoms with van der Waals surface area (Å²) >= 11 is 3.39. The molecule has 2 rings (SSSR count). The summed E-state index contributed by atoms with van der Waals surface area (Å²) in [6.45, 7) is 1.83. The molecule has 2 amide bonds. The van der Waals surface area contributed by atoms with E-state index in [2.05, 4.69) is 26.6 Å². The lowest BCUT2D eigenvalue weighted by atomic mass is 10.2. The first-order chi connectivity index (χ1) is 12.4. The van der Waals surface area contributed by atoms with E-state index in [0.717, 1.165) is 4.47 Å². The molecule has 2 aromatic carbocycles. The number of carbonyl (C=O) groups is 2. The molecular weight excluding hydrogens is 398 g/mol. The number of hydrogen-bond acceptors (Lipinski definition) is 4. The van der Waals surface area contributed by atoms with Gasteiger partial charge >= 0.3 is 0 Å². The van der Waals surface area contributed by atoms with Crippen LogP contribution in [0, 0.1) is 0 Å². The van der Waals surface area contributed by atoms with Crippen LogP contribution in [0.3, 0.4) is 0 Å². The van der Waals surface area contributed by atoms with Gasteiger partial charge in [-0.05, 0) is 54.2 Å². The number of anilines is 2. The van der Waals surface area contributed by atoms with Gasteiger partial charge in [0, 0.05) is 4.47 Å². The lowest BCUT2D eigenvalue weighted by Gasteiger charge is -2.23. The van der Waals surface area contributed by atoms with Gasteiger partial charge in [0.15, 0.2) is 0 Å². The molecule has 0 fully saturated rings. The molecule has 0 aromatic heterocycles. The Labute approximate surface area is 161 Å². The zero-order chi connectivity index (χ0) is 19.1. The van der Waals surface area contributed by atoms with E-state index in [1.165, 1.54) is 0 Å². The fourth-order valence-corrected chi connectivity index (χ4v) is 2.68. The largest absolute Gasteiger partial charge is 0.495 e. The first-order valence-corrected chi connectivity index (χ1v) is 8.90. The number of likely N-dealkylation sites (N-methyl/N-ethyl adjacent to an activating group) is 1. The first kappa shape index (κ1) is 19.9. The van der Waals surface area contributed by atoms with Crippen LogP contribution in [0.4, 0.5) is 11.4 Å². The maximum Gasteiger partial charge on any atom is 0.241 e. The monoisotopic (exact) mass is 419 g/mol. The summed E-state index contributed by atoms with van der Waals surface area (Å²) in [6.07, 6.45) is 0. The number of para-hydroxylation sites is 3. The fourth-order valence-electron chi connectivity index (χ4n) is 2.30. The molecule has 0 saturated heterocycles. The lowest BCUT2D eigenvalue weighted by molar-refractivity contribution is -0.122. The van der Waals surface area contributed by atoms with E-state index >= 15 is 0 Å². The Morgan fingerprint density at radius 2 is 1.69 bits per heavy atom. The van der Waals surface area contributed by atoms with E-state index in [0.29, 0.717) is 17.1 Å². The Bertz CT molecular complexity index is 782. The van der Waals surface area contributed by atoms with Gasteiger partial charge in [-0.25, -0.2) is 0 Å². The predicted molar refractivity (Wildman–Crippen MR) is 106 cm³/mol. The van der Waals surface area contributed by atoms with Crippen LogP contribution in [0.15, 0.2) is 53.0 Å². The molecule has 7 heteroatoms. The summed E-state index contributed by atoms with van der Waals surface area (Å²) in [5, 5.41) is 5.65. The molecular formula is C19H22BrN3O3. The minimum absolute atomic E-state index is 0.0852. The zero-order valence-corrected chi connectivity index (χ0v) is 16.5. The SMILES string of the molecule is COc1ccccc1NC(=O)[C@@H](C)N(C)CC(=O)Nc1ccccc1Br. The topological polar surface area (TPSA) is 70.7 Å². The minimum atomic E-state index is -0.495. The highest BCUT2D eigenvalue weighted by Gasteiger charge is 2.21. The summed E-state index contributed by atoms with van der Waals surface area (Å²) in [6, 6.07) is 14.1. The molecule has 0 bridgehead atoms. The van der Waals surface area contributed by atoms with Crippen LogP contribution in [0.2, 0.25) is 0 Å². The second-order valence-electron chi connectivity index (χ2n) is 5.81. The number of rotatable bonds is 7. The standard InChI is InChI=1S/C19H22BrN3O3/c1-13(19(25)22-16-10-6-7-11-17(16)26-3)23(2)12-18(24)21-15-9-5-4-8-14(15)20/h4-11,13H,12H2,1-3H3,(H,21,24)(H,22,25)/t13-/m1/s1. The summed E-state index contributed by atoms with van der Waals surface area (Å²) in [7, 11) is 3.28. The van der Waals surface area contributed by atoms with Crippen molar-refractivity contribution in [3.63, 3.8) is 0 Å². The number of amides is 2. The van der Waals surface area contributed by atoms with Crippen LogP contribution < -0.4 is 15.4 Å². The zero-order valence-electron chi connectivity index (χ0n) is 15.0. The molecule has 1 atom stereocenters. The molecule has 0 heterocycles. The quantitative estimate of drug-likeness (QED) is 0.721. The first-order valence-electron chi connectivity index (χ1n) is 8.11. The van der Waals surface area contributed by atoms with Crippen molar-refractivity contribution in [3.05, 3.63) is 53.0 Å². The van der Waals surface area contributed by atoms with Crippen LogP contribution in [0.1, 0.15) is 6.92 Å². The van der Waals surface area contributed by atoms with Crippen LogP contribution in [0.5, 0.6) is 5.75 Å². The predicted octanol–water partition coefficient (Wildman–Crippen LogP) is 3.36. The maximum atomic E-state index is 12.5. The maximum absolute atomic E-state index is 12.5. The number of ether oxygens (including phenoxy) is 1. The van der Waals surface area contributed by atoms with E-state index in [4.69, 9.17) is 4.74 Å². The van der Waals surface area contributed by atoms with E-state index in [1.54, 1.807) is 44.2 Å². The van der Waals surface area contributed by atoms with E-state index in [-0.39, 0.29) is 18.4 Å². The number of hydrogen-bond donors (Lipinski definition) is 2. The van der Waals surface area contributed by atoms with Crippen molar-refractivity contribution in [1.82, 2.24) is 4.90 Å². The van der Waals surface area contributed by atoms with Gasteiger partial charge in [-0.2, -0.15) is 0 Å². The third kappa shape index (κ3) is 5.31. The Kier molecular flexibility index (Phi) is 7.17. The second-order valence-corrected chi connectivity index (χ2v) is 6.66. The van der Waals surface area contributed by atoms with Crippen molar-refractivity contribution >= 4 is 39.1 Å². The highest BCUT2D eigenvalue weighted by molar-refractivity contribution is 9.10. The van der Waals surface area contributed by atoms with Gasteiger partial charge in [0.1, 0.15) is 5.75 Å². The summed E-state index contributed by atoms with van der Waals surface area (Å²) in [4.78, 5) is 26.4. The molecule has 0 saturated carbocycles. The number of halogens is 1. The van der Waals surface area contributed by atoms with Gasteiger partial charge < -0.3 is 15.4 Å². The highest BCUT2D eigenvalue weighted by Crippen LogP contribution is 2.23. The Balaban J connectivity index is 1.93. The lowest BCUT2D eigenvalue weighted by Crippen LogP contribution is -2.43. The van der Waals surface area contributed by atoms with Crippen LogP contribution >= 0.6 is 15.9 Å². The van der Waals surface area contributed by atoms with Crippen molar-refractivity contribution in [3.8, 4) is 5.75 Å². The van der Waals surface area contributed by atoms with Gasteiger partial charge in [0.2, 0.25) is 11.8 Å². The number of carbonyl (C=O) groups excluding carboxylic acids is 2. The van der Waals surface area contributed by atoms with Crippen molar-refractivity contribution in [2.75, 3.05) is 31.3 Å². The van der Waals surface area contributed by atoms with Gasteiger partial charge in [-0.15, -0.1) is 0 Å².